The van der Waals surface area contributed by atoms with Crippen LogP contribution in [-0.4, -0.2) is 65.7 Å². The van der Waals surface area contributed by atoms with E-state index in [1.54, 1.807) is 11.0 Å². The number of piperazine rings is 1. The van der Waals surface area contributed by atoms with Crippen molar-refractivity contribution >= 4 is 50.6 Å². The summed E-state index contributed by atoms with van der Waals surface area (Å²) in [4.78, 5) is 14.2. The molecule has 0 spiro atoms. The Hall–Kier alpha value is -1.92. The van der Waals surface area contributed by atoms with E-state index >= 15 is 0 Å². The maximum Gasteiger partial charge on any atom is 0.277 e. The predicted octanol–water partition coefficient (Wildman–Crippen LogP) is 3.08. The van der Waals surface area contributed by atoms with Crippen LogP contribution in [0.1, 0.15) is 0 Å². The highest BCUT2D eigenvalue weighted by Gasteiger charge is 2.31. The molecule has 12 heteroatoms. The summed E-state index contributed by atoms with van der Waals surface area (Å²) in [7, 11) is -3.58. The highest BCUT2D eigenvalue weighted by molar-refractivity contribution is 7.99. The van der Waals surface area contributed by atoms with E-state index in [-0.39, 0.29) is 29.0 Å². The lowest BCUT2D eigenvalue weighted by Crippen LogP contribution is -2.50. The molecule has 1 amide bonds. The molecule has 158 valence electrons. The van der Waals surface area contributed by atoms with Crippen LogP contribution in [0.5, 0.6) is 0 Å². The van der Waals surface area contributed by atoms with Crippen LogP contribution in [0.2, 0.25) is 4.34 Å². The quantitative estimate of drug-likeness (QED) is 0.496. The van der Waals surface area contributed by atoms with Crippen LogP contribution in [-0.2, 0) is 14.8 Å². The van der Waals surface area contributed by atoms with Gasteiger partial charge in [-0.3, -0.25) is 4.79 Å². The Bertz CT molecular complexity index is 1130. The topological polar surface area (TPSA) is 96.6 Å². The molecular formula is C18H17ClN4O4S3. The number of amides is 1. The predicted molar refractivity (Wildman–Crippen MR) is 115 cm³/mol. The van der Waals surface area contributed by atoms with Crippen LogP contribution >= 0.6 is 34.7 Å². The Kier molecular flexibility index (Phi) is 6.44. The third-order valence-electron chi connectivity index (χ3n) is 4.48. The van der Waals surface area contributed by atoms with E-state index < -0.39 is 10.0 Å². The highest BCUT2D eigenvalue weighted by atomic mass is 35.5. The fourth-order valence-electron chi connectivity index (χ4n) is 2.92. The number of halogens is 1. The van der Waals surface area contributed by atoms with Crippen LogP contribution in [0, 0.1) is 0 Å². The van der Waals surface area contributed by atoms with Gasteiger partial charge >= 0.3 is 0 Å². The van der Waals surface area contributed by atoms with Crippen molar-refractivity contribution in [1.82, 2.24) is 19.4 Å². The number of nitrogens with zero attached hydrogens (tertiary/aromatic N) is 4. The monoisotopic (exact) mass is 484 g/mol. The van der Waals surface area contributed by atoms with Gasteiger partial charge in [0, 0.05) is 31.7 Å². The molecule has 0 atom stereocenters. The summed E-state index contributed by atoms with van der Waals surface area (Å²) in [5.74, 6) is 0.442. The number of aromatic nitrogens is 2. The van der Waals surface area contributed by atoms with Crippen LogP contribution in [0.25, 0.3) is 11.5 Å². The van der Waals surface area contributed by atoms with Crippen LogP contribution in [0.3, 0.4) is 0 Å². The van der Waals surface area contributed by atoms with Crippen molar-refractivity contribution < 1.29 is 17.6 Å². The van der Waals surface area contributed by atoms with E-state index in [9.17, 15) is 13.2 Å². The van der Waals surface area contributed by atoms with Gasteiger partial charge in [-0.2, -0.15) is 4.31 Å². The van der Waals surface area contributed by atoms with Crippen LogP contribution in [0.15, 0.2) is 56.3 Å². The van der Waals surface area contributed by atoms with Crippen molar-refractivity contribution in [3.05, 3.63) is 46.8 Å². The summed E-state index contributed by atoms with van der Waals surface area (Å²) in [6, 6.07) is 12.5. The molecule has 1 fully saturated rings. The van der Waals surface area contributed by atoms with Gasteiger partial charge in [0.1, 0.15) is 4.21 Å². The van der Waals surface area contributed by atoms with Gasteiger partial charge in [-0.1, -0.05) is 41.6 Å². The maximum absolute atomic E-state index is 12.6. The fraction of sp³-hybridized carbons (Fsp3) is 0.278. The zero-order chi connectivity index (χ0) is 21.1. The van der Waals surface area contributed by atoms with Gasteiger partial charge in [0.05, 0.1) is 10.1 Å². The maximum atomic E-state index is 12.6. The third-order valence-corrected chi connectivity index (χ3v) is 8.88. The molecular weight excluding hydrogens is 468 g/mol. The Balaban J connectivity index is 1.29. The number of carbonyl (C=O) groups excluding carboxylic acids is 1. The van der Waals surface area contributed by atoms with Crippen molar-refractivity contribution in [3.63, 3.8) is 0 Å². The second-order valence-electron chi connectivity index (χ2n) is 6.37. The standard InChI is InChI=1S/C18H17ClN4O4S3/c19-14-6-7-16(29-14)30(25,26)23-10-8-22(9-11-23)15(24)12-28-18-21-20-17(27-18)13-4-2-1-3-5-13/h1-7H,8-12H2. The molecule has 30 heavy (non-hydrogen) atoms. The van der Waals surface area contributed by atoms with Gasteiger partial charge in [0.25, 0.3) is 15.2 Å². The molecule has 4 rings (SSSR count). The molecule has 0 unspecified atom stereocenters. The van der Waals surface area contributed by atoms with Gasteiger partial charge in [-0.25, -0.2) is 8.42 Å². The van der Waals surface area contributed by atoms with Crippen molar-refractivity contribution in [3.8, 4) is 11.5 Å². The summed E-state index contributed by atoms with van der Waals surface area (Å²) in [5.41, 5.74) is 0.813. The first-order valence-electron chi connectivity index (χ1n) is 8.98. The van der Waals surface area contributed by atoms with Crippen molar-refractivity contribution in [2.45, 2.75) is 9.43 Å². The molecule has 0 saturated carbocycles. The molecule has 8 nitrogen and oxygen atoms in total. The molecule has 1 saturated heterocycles. The number of hydrogen-bond donors (Lipinski definition) is 0. The molecule has 1 aromatic carbocycles. The molecule has 1 aliphatic rings. The molecule has 3 aromatic rings. The number of rotatable bonds is 6. The minimum absolute atomic E-state index is 0.101. The Morgan fingerprint density at radius 3 is 2.50 bits per heavy atom. The normalized spacial score (nSPS) is 15.4. The van der Waals surface area contributed by atoms with Crippen molar-refractivity contribution in [2.24, 2.45) is 0 Å². The first-order chi connectivity index (χ1) is 14.4. The molecule has 0 bridgehead atoms. The van der Waals surface area contributed by atoms with Gasteiger partial charge in [0.15, 0.2) is 0 Å². The largest absolute Gasteiger partial charge is 0.411 e. The minimum atomic E-state index is -3.58. The molecule has 3 heterocycles. The minimum Gasteiger partial charge on any atom is -0.411 e. The Morgan fingerprint density at radius 1 is 1.10 bits per heavy atom. The van der Waals surface area contributed by atoms with Crippen molar-refractivity contribution in [1.29, 1.82) is 0 Å². The zero-order valence-corrected chi connectivity index (χ0v) is 18.8. The SMILES string of the molecule is O=C(CSc1nnc(-c2ccccc2)o1)N1CCN(S(=O)(=O)c2ccc(Cl)s2)CC1. The summed E-state index contributed by atoms with van der Waals surface area (Å²) in [6.45, 7) is 1.15. The van der Waals surface area contributed by atoms with Crippen LogP contribution in [0.4, 0.5) is 0 Å². The van der Waals surface area contributed by atoms with E-state index in [4.69, 9.17) is 16.0 Å². The molecule has 0 radical (unpaired) electrons. The summed E-state index contributed by atoms with van der Waals surface area (Å²) in [5, 5.41) is 8.29. The number of carbonyl (C=O) groups is 1. The van der Waals surface area contributed by atoms with E-state index in [2.05, 4.69) is 10.2 Å². The molecule has 0 N–H and O–H groups in total. The lowest BCUT2D eigenvalue weighted by Gasteiger charge is -2.33. The van der Waals surface area contributed by atoms with Gasteiger partial charge in [-0.05, 0) is 24.3 Å². The molecule has 0 aliphatic carbocycles. The fourth-order valence-corrected chi connectivity index (χ4v) is 6.65. The van der Waals surface area contributed by atoms with Gasteiger partial charge in [0.2, 0.25) is 11.8 Å². The lowest BCUT2D eigenvalue weighted by molar-refractivity contribution is -0.129. The average molecular weight is 485 g/mol. The van der Waals surface area contributed by atoms with E-state index in [0.29, 0.717) is 28.5 Å². The summed E-state index contributed by atoms with van der Waals surface area (Å²) < 4.78 is 32.9. The van der Waals surface area contributed by atoms with Gasteiger partial charge in [-0.15, -0.1) is 21.5 Å². The third kappa shape index (κ3) is 4.70. The summed E-state index contributed by atoms with van der Waals surface area (Å²) in [6.07, 6.45) is 0. The average Bonchev–Trinajstić information content (AvgIpc) is 3.42. The van der Waals surface area contributed by atoms with E-state index in [1.807, 2.05) is 30.3 Å². The van der Waals surface area contributed by atoms with Gasteiger partial charge < -0.3 is 9.32 Å². The smallest absolute Gasteiger partial charge is 0.277 e. The van der Waals surface area contributed by atoms with E-state index in [0.717, 1.165) is 16.9 Å². The van der Waals surface area contributed by atoms with Crippen molar-refractivity contribution in [2.75, 3.05) is 31.9 Å². The highest BCUT2D eigenvalue weighted by Crippen LogP contribution is 2.29. The Labute approximate surface area is 186 Å². The Morgan fingerprint density at radius 2 is 1.83 bits per heavy atom. The summed E-state index contributed by atoms with van der Waals surface area (Å²) >= 11 is 8.05. The molecule has 2 aromatic heterocycles. The second kappa shape index (κ2) is 9.06. The first kappa shape index (κ1) is 21.3. The molecule has 1 aliphatic heterocycles. The number of thioether (sulfide) groups is 1. The number of thiophene rings is 1. The lowest BCUT2D eigenvalue weighted by atomic mass is 10.2. The first-order valence-corrected chi connectivity index (χ1v) is 12.6. The number of sulfonamides is 1. The van der Waals surface area contributed by atoms with Crippen LogP contribution < -0.4 is 0 Å². The number of hydrogen-bond acceptors (Lipinski definition) is 8. The second-order valence-corrected chi connectivity index (χ2v) is 11.2. The number of benzene rings is 1. The zero-order valence-electron chi connectivity index (χ0n) is 15.6. The van der Waals surface area contributed by atoms with E-state index in [1.165, 1.54) is 22.1 Å².